The maximum absolute atomic E-state index is 12.3. The molecule has 30 heavy (non-hydrogen) atoms. The molecule has 6 heteroatoms. The molecule has 2 amide bonds. The number of rotatable bonds is 6. The summed E-state index contributed by atoms with van der Waals surface area (Å²) in [4.78, 5) is 31.4. The highest BCUT2D eigenvalue weighted by Gasteiger charge is 2.08. The maximum atomic E-state index is 12.3. The van der Waals surface area contributed by atoms with Crippen LogP contribution in [0.3, 0.4) is 0 Å². The quantitative estimate of drug-likeness (QED) is 0.438. The van der Waals surface area contributed by atoms with Crippen LogP contribution in [0.5, 0.6) is 0 Å². The number of H-pyrrole nitrogens is 1. The van der Waals surface area contributed by atoms with Crippen LogP contribution in [0.1, 0.15) is 18.9 Å². The number of fused-ring (bicyclic) bond motifs is 1. The first-order valence-corrected chi connectivity index (χ1v) is 9.78. The summed E-state index contributed by atoms with van der Waals surface area (Å²) in [5.74, 6) is 0.650. The Kier molecular flexibility index (Phi) is 5.57. The van der Waals surface area contributed by atoms with Crippen molar-refractivity contribution < 1.29 is 9.59 Å². The lowest BCUT2D eigenvalue weighted by Crippen LogP contribution is -2.12. The second-order valence-corrected chi connectivity index (χ2v) is 7.11. The third kappa shape index (κ3) is 4.72. The van der Waals surface area contributed by atoms with Crippen molar-refractivity contribution in [2.24, 2.45) is 0 Å². The summed E-state index contributed by atoms with van der Waals surface area (Å²) in [7, 11) is 0. The molecule has 0 aliphatic heterocycles. The second-order valence-electron chi connectivity index (χ2n) is 7.11. The fourth-order valence-corrected chi connectivity index (χ4v) is 3.27. The molecular weight excluding hydrogens is 376 g/mol. The van der Waals surface area contributed by atoms with E-state index in [0.717, 1.165) is 28.0 Å². The van der Waals surface area contributed by atoms with Gasteiger partial charge in [-0.3, -0.25) is 9.59 Å². The zero-order valence-corrected chi connectivity index (χ0v) is 16.6. The number of benzene rings is 3. The minimum atomic E-state index is -0.128. The van der Waals surface area contributed by atoms with Gasteiger partial charge < -0.3 is 15.6 Å². The Morgan fingerprint density at radius 2 is 1.60 bits per heavy atom. The minimum absolute atomic E-state index is 0.0584. The van der Waals surface area contributed by atoms with Crippen LogP contribution in [-0.4, -0.2) is 21.8 Å². The van der Waals surface area contributed by atoms with Gasteiger partial charge in [0.2, 0.25) is 11.8 Å². The lowest BCUT2D eigenvalue weighted by atomic mass is 10.1. The number of aromatic nitrogens is 2. The predicted molar refractivity (Wildman–Crippen MR) is 119 cm³/mol. The van der Waals surface area contributed by atoms with E-state index in [1.807, 2.05) is 48.5 Å². The molecular formula is C24H22N4O2. The van der Waals surface area contributed by atoms with Gasteiger partial charge in [0.05, 0.1) is 11.0 Å². The SMILES string of the molecule is CC(=O)Nc1ccc(NC(=O)CCc2ccc3nc(-c4ccccc4)[nH]c3c2)cc1. The molecule has 0 unspecified atom stereocenters. The van der Waals surface area contributed by atoms with Crippen LogP contribution in [0, 0.1) is 0 Å². The molecule has 6 nitrogen and oxygen atoms in total. The van der Waals surface area contributed by atoms with Crippen molar-refractivity contribution in [2.45, 2.75) is 19.8 Å². The Bertz CT molecular complexity index is 1180. The van der Waals surface area contributed by atoms with Crippen molar-refractivity contribution in [1.29, 1.82) is 0 Å². The molecule has 150 valence electrons. The smallest absolute Gasteiger partial charge is 0.224 e. The number of hydrogen-bond donors (Lipinski definition) is 3. The molecule has 0 atom stereocenters. The van der Waals surface area contributed by atoms with E-state index >= 15 is 0 Å². The molecule has 1 heterocycles. The summed E-state index contributed by atoms with van der Waals surface area (Å²) in [6.45, 7) is 1.46. The second kappa shape index (κ2) is 8.61. The van der Waals surface area contributed by atoms with Crippen molar-refractivity contribution in [3.63, 3.8) is 0 Å². The number of nitrogens with one attached hydrogen (secondary N) is 3. The summed E-state index contributed by atoms with van der Waals surface area (Å²) in [5.41, 5.74) is 5.37. The van der Waals surface area contributed by atoms with Crippen LogP contribution in [0.25, 0.3) is 22.4 Å². The lowest BCUT2D eigenvalue weighted by Gasteiger charge is -2.07. The van der Waals surface area contributed by atoms with Crippen LogP contribution in [0.4, 0.5) is 11.4 Å². The highest BCUT2D eigenvalue weighted by atomic mass is 16.2. The van der Waals surface area contributed by atoms with Crippen molar-refractivity contribution in [2.75, 3.05) is 10.6 Å². The molecule has 3 aromatic carbocycles. The molecule has 0 spiro atoms. The van der Waals surface area contributed by atoms with Crippen molar-refractivity contribution in [3.05, 3.63) is 78.4 Å². The van der Waals surface area contributed by atoms with Gasteiger partial charge >= 0.3 is 0 Å². The third-order valence-corrected chi connectivity index (χ3v) is 4.72. The van der Waals surface area contributed by atoms with E-state index in [4.69, 9.17) is 0 Å². The Hall–Kier alpha value is -3.93. The van der Waals surface area contributed by atoms with Crippen LogP contribution in [-0.2, 0) is 16.0 Å². The first-order chi connectivity index (χ1) is 14.6. The molecule has 0 bridgehead atoms. The van der Waals surface area contributed by atoms with E-state index in [1.54, 1.807) is 24.3 Å². The van der Waals surface area contributed by atoms with Gasteiger partial charge in [-0.1, -0.05) is 36.4 Å². The summed E-state index contributed by atoms with van der Waals surface area (Å²) in [6, 6.07) is 23.1. The summed E-state index contributed by atoms with van der Waals surface area (Å²) in [5, 5.41) is 5.58. The van der Waals surface area contributed by atoms with E-state index in [9.17, 15) is 9.59 Å². The topological polar surface area (TPSA) is 86.9 Å². The minimum Gasteiger partial charge on any atom is -0.338 e. The molecule has 4 rings (SSSR count). The Labute approximate surface area is 174 Å². The summed E-state index contributed by atoms with van der Waals surface area (Å²) < 4.78 is 0. The predicted octanol–water partition coefficient (Wildman–Crippen LogP) is 4.76. The lowest BCUT2D eigenvalue weighted by molar-refractivity contribution is -0.116. The number of anilines is 2. The number of amides is 2. The summed E-state index contributed by atoms with van der Waals surface area (Å²) in [6.07, 6.45) is 1.00. The van der Waals surface area contributed by atoms with Crippen LogP contribution in [0.15, 0.2) is 72.8 Å². The number of hydrogen-bond acceptors (Lipinski definition) is 3. The average Bonchev–Trinajstić information content (AvgIpc) is 3.17. The van der Waals surface area contributed by atoms with E-state index < -0.39 is 0 Å². The van der Waals surface area contributed by atoms with E-state index in [0.29, 0.717) is 24.2 Å². The van der Waals surface area contributed by atoms with Crippen molar-refractivity contribution >= 4 is 34.2 Å². The van der Waals surface area contributed by atoms with Crippen LogP contribution >= 0.6 is 0 Å². The molecule has 0 radical (unpaired) electrons. The molecule has 0 fully saturated rings. The fourth-order valence-electron chi connectivity index (χ4n) is 3.27. The maximum Gasteiger partial charge on any atom is 0.224 e. The van der Waals surface area contributed by atoms with Gasteiger partial charge in [-0.25, -0.2) is 4.98 Å². The largest absolute Gasteiger partial charge is 0.338 e. The Morgan fingerprint density at radius 1 is 0.900 bits per heavy atom. The van der Waals surface area contributed by atoms with Gasteiger partial charge in [0.25, 0.3) is 0 Å². The third-order valence-electron chi connectivity index (χ3n) is 4.72. The molecule has 0 aliphatic carbocycles. The number of carbonyl (C=O) groups excluding carboxylic acids is 2. The highest BCUT2D eigenvalue weighted by Crippen LogP contribution is 2.21. The van der Waals surface area contributed by atoms with Crippen molar-refractivity contribution in [3.8, 4) is 11.4 Å². The molecule has 3 N–H and O–H groups in total. The summed E-state index contributed by atoms with van der Waals surface area (Å²) >= 11 is 0. The van der Waals surface area contributed by atoms with E-state index in [2.05, 4.69) is 20.6 Å². The van der Waals surface area contributed by atoms with Crippen LogP contribution < -0.4 is 10.6 Å². The van der Waals surface area contributed by atoms with Gasteiger partial charge in [-0.2, -0.15) is 0 Å². The van der Waals surface area contributed by atoms with E-state index in [-0.39, 0.29) is 11.8 Å². The number of carbonyl (C=O) groups is 2. The standard InChI is InChI=1S/C24H22N4O2/c1-16(29)25-19-9-11-20(12-10-19)26-23(30)14-8-17-7-13-21-22(15-17)28-24(27-21)18-5-3-2-4-6-18/h2-7,9-13,15H,8,14H2,1H3,(H,25,29)(H,26,30)(H,27,28). The zero-order valence-electron chi connectivity index (χ0n) is 16.6. The molecule has 0 saturated carbocycles. The fraction of sp³-hybridized carbons (Fsp3) is 0.125. The highest BCUT2D eigenvalue weighted by molar-refractivity contribution is 5.92. The molecule has 1 aromatic heterocycles. The first kappa shape index (κ1) is 19.4. The monoisotopic (exact) mass is 398 g/mol. The molecule has 0 saturated heterocycles. The van der Waals surface area contributed by atoms with Gasteiger partial charge in [-0.05, 0) is 48.4 Å². The van der Waals surface area contributed by atoms with Crippen molar-refractivity contribution in [1.82, 2.24) is 9.97 Å². The molecule has 0 aliphatic rings. The normalized spacial score (nSPS) is 10.7. The zero-order chi connectivity index (χ0) is 20.9. The number of aryl methyl sites for hydroxylation is 1. The number of aromatic amines is 1. The van der Waals surface area contributed by atoms with Gasteiger partial charge in [0.15, 0.2) is 0 Å². The van der Waals surface area contributed by atoms with Crippen LogP contribution in [0.2, 0.25) is 0 Å². The molecule has 4 aromatic rings. The number of imidazole rings is 1. The first-order valence-electron chi connectivity index (χ1n) is 9.78. The Morgan fingerprint density at radius 3 is 2.30 bits per heavy atom. The Balaban J connectivity index is 1.37. The average molecular weight is 398 g/mol. The number of nitrogens with zero attached hydrogens (tertiary/aromatic N) is 1. The van der Waals surface area contributed by atoms with Gasteiger partial charge in [0, 0.05) is 30.3 Å². The van der Waals surface area contributed by atoms with Gasteiger partial charge in [0.1, 0.15) is 5.82 Å². The van der Waals surface area contributed by atoms with Gasteiger partial charge in [-0.15, -0.1) is 0 Å². The van der Waals surface area contributed by atoms with E-state index in [1.165, 1.54) is 6.92 Å².